The number of nitrogens with two attached hydrogens (primary N) is 1. The summed E-state index contributed by atoms with van der Waals surface area (Å²) in [7, 11) is -5.40. The van der Waals surface area contributed by atoms with Crippen LogP contribution in [0.3, 0.4) is 0 Å². The van der Waals surface area contributed by atoms with E-state index in [4.69, 9.17) is 5.40 Å². The lowest BCUT2D eigenvalue weighted by Crippen LogP contribution is -2.77. The summed E-state index contributed by atoms with van der Waals surface area (Å²) < 4.78 is 13.7. The largest absolute Gasteiger partial charge is 0.355 e. The summed E-state index contributed by atoms with van der Waals surface area (Å²) in [6, 6.07) is 0.542. The minimum atomic E-state index is -2.22. The summed E-state index contributed by atoms with van der Waals surface area (Å²) >= 11 is 0. The van der Waals surface area contributed by atoms with Gasteiger partial charge in [-0.3, -0.25) is 4.11 Å². The van der Waals surface area contributed by atoms with Crippen molar-refractivity contribution < 1.29 is 4.11 Å². The van der Waals surface area contributed by atoms with Crippen molar-refractivity contribution in [2.75, 3.05) is 0 Å². The molecule has 0 unspecified atom stereocenters. The zero-order valence-corrected chi connectivity index (χ0v) is 16.7. The molecule has 18 heavy (non-hydrogen) atoms. The molecule has 0 aromatic heterocycles. The second-order valence-corrected chi connectivity index (χ2v) is 20.9. The van der Waals surface area contributed by atoms with Gasteiger partial charge in [-0.1, -0.05) is 39.3 Å². The van der Waals surface area contributed by atoms with Crippen LogP contribution in [0.15, 0.2) is 0 Å². The Labute approximate surface area is 117 Å². The van der Waals surface area contributed by atoms with E-state index in [0.717, 1.165) is 0 Å². The van der Waals surface area contributed by atoms with Gasteiger partial charge < -0.3 is 10.7 Å². The summed E-state index contributed by atoms with van der Waals surface area (Å²) in [6.07, 6.45) is 0. The molecule has 0 rings (SSSR count). The van der Waals surface area contributed by atoms with Crippen LogP contribution in [0.5, 0.6) is 0 Å². The summed E-state index contributed by atoms with van der Waals surface area (Å²) in [4.78, 5) is -0.0456. The van der Waals surface area contributed by atoms with Gasteiger partial charge in [0.05, 0.1) is 16.1 Å². The molecule has 0 saturated heterocycles. The van der Waals surface area contributed by atoms with Gasteiger partial charge in [-0.05, 0) is 26.8 Å². The van der Waals surface area contributed by atoms with Crippen LogP contribution in [-0.4, -0.2) is 35.8 Å². The van der Waals surface area contributed by atoms with Crippen LogP contribution in [0.25, 0.3) is 0 Å². The Bertz CT molecular complexity index is 261. The van der Waals surface area contributed by atoms with Crippen molar-refractivity contribution in [1.29, 1.82) is 0 Å². The van der Waals surface area contributed by atoms with E-state index < -0.39 is 25.4 Å². The highest BCUT2D eigenvalue weighted by Crippen LogP contribution is 2.37. The predicted molar refractivity (Wildman–Crippen MR) is 88.2 cm³/mol. The number of halogens is 1. The molecular formula is C12H32FN2Si3. The molecule has 0 saturated carbocycles. The SMILES string of the molecule is CC(C)(C)NC(C[Si](N)F)([Si](C)(C)C)[Si](C)(C)C. The first-order valence-electron chi connectivity index (χ1n) is 6.68. The minimum Gasteiger partial charge on any atom is -0.325 e. The van der Waals surface area contributed by atoms with E-state index in [0.29, 0.717) is 6.04 Å². The van der Waals surface area contributed by atoms with Crippen LogP contribution in [0.4, 0.5) is 4.11 Å². The quantitative estimate of drug-likeness (QED) is 0.604. The zero-order valence-electron chi connectivity index (χ0n) is 13.7. The van der Waals surface area contributed by atoms with Crippen molar-refractivity contribution in [3.63, 3.8) is 0 Å². The molecule has 0 atom stereocenters. The van der Waals surface area contributed by atoms with Crippen LogP contribution in [0, 0.1) is 0 Å². The molecule has 0 aliphatic rings. The van der Waals surface area contributed by atoms with E-state index >= 15 is 0 Å². The van der Waals surface area contributed by atoms with Gasteiger partial charge in [0, 0.05) is 10.3 Å². The number of nitrogens with one attached hydrogen (secondary N) is 1. The second-order valence-electron chi connectivity index (χ2n) is 8.40. The molecule has 0 aromatic carbocycles. The van der Waals surface area contributed by atoms with E-state index in [2.05, 4.69) is 65.4 Å². The highest BCUT2D eigenvalue weighted by Gasteiger charge is 2.54. The summed E-state index contributed by atoms with van der Waals surface area (Å²) in [6.45, 7) is 20.6. The Balaban J connectivity index is 5.73. The van der Waals surface area contributed by atoms with Crippen molar-refractivity contribution in [1.82, 2.24) is 5.32 Å². The normalized spacial score (nSPS) is 15.3. The van der Waals surface area contributed by atoms with Crippen molar-refractivity contribution in [2.45, 2.75) is 76.4 Å². The Morgan fingerprint density at radius 1 is 1.00 bits per heavy atom. The van der Waals surface area contributed by atoms with Crippen LogP contribution < -0.4 is 10.7 Å². The van der Waals surface area contributed by atoms with Crippen LogP contribution in [0.1, 0.15) is 20.8 Å². The van der Waals surface area contributed by atoms with Crippen LogP contribution in [-0.2, 0) is 0 Å². The van der Waals surface area contributed by atoms with Crippen molar-refractivity contribution in [3.05, 3.63) is 0 Å². The third-order valence-corrected chi connectivity index (χ3v) is 15.4. The van der Waals surface area contributed by atoms with Gasteiger partial charge in [-0.25, -0.2) is 0 Å². The minimum absolute atomic E-state index is 0.00211. The van der Waals surface area contributed by atoms with E-state index in [9.17, 15) is 4.11 Å². The Morgan fingerprint density at radius 2 is 1.33 bits per heavy atom. The standard InChI is InChI=1S/C12H32FN2Si3/c1-11(2,3)15-12(10-16(13)14,17(4,5)6)18(7,8)9/h15H,10,14H2,1-9H3. The Morgan fingerprint density at radius 3 is 1.50 bits per heavy atom. The Kier molecular flexibility index (Phi) is 5.63. The molecule has 2 nitrogen and oxygen atoms in total. The predicted octanol–water partition coefficient (Wildman–Crippen LogP) is 3.28. The highest BCUT2D eigenvalue weighted by molar-refractivity contribution is 6.99. The van der Waals surface area contributed by atoms with Crippen LogP contribution >= 0.6 is 0 Å². The van der Waals surface area contributed by atoms with Gasteiger partial charge in [0.1, 0.15) is 0 Å². The summed E-state index contributed by atoms with van der Waals surface area (Å²) in [5.41, 5.74) is -0.00211. The molecular weight excluding hydrogens is 275 g/mol. The topological polar surface area (TPSA) is 38.0 Å². The lowest BCUT2D eigenvalue weighted by atomic mass is 10.1. The van der Waals surface area contributed by atoms with Gasteiger partial charge in [-0.15, -0.1) is 0 Å². The average molecular weight is 308 g/mol. The Hall–Kier alpha value is 0.501. The lowest BCUT2D eigenvalue weighted by Gasteiger charge is -2.55. The molecule has 0 bridgehead atoms. The first kappa shape index (κ1) is 18.5. The molecule has 0 spiro atoms. The van der Waals surface area contributed by atoms with Gasteiger partial charge in [0.2, 0.25) is 0 Å². The molecule has 0 fully saturated rings. The molecule has 109 valence electrons. The first-order chi connectivity index (χ1) is 7.62. The number of hydrogen-bond acceptors (Lipinski definition) is 2. The monoisotopic (exact) mass is 307 g/mol. The number of hydrogen-bond donors (Lipinski definition) is 2. The maximum absolute atomic E-state index is 13.7. The first-order valence-corrected chi connectivity index (χ1v) is 15.3. The smallest absolute Gasteiger partial charge is 0.325 e. The molecule has 0 aliphatic carbocycles. The van der Waals surface area contributed by atoms with Crippen molar-refractivity contribution >= 4 is 25.4 Å². The fourth-order valence-corrected chi connectivity index (χ4v) is 19.3. The van der Waals surface area contributed by atoms with Crippen LogP contribution in [0.2, 0.25) is 45.3 Å². The van der Waals surface area contributed by atoms with Crippen molar-refractivity contribution in [3.8, 4) is 0 Å². The van der Waals surface area contributed by atoms with Gasteiger partial charge in [0.15, 0.2) is 0 Å². The lowest BCUT2D eigenvalue weighted by molar-refractivity contribution is 0.380. The maximum atomic E-state index is 13.7. The summed E-state index contributed by atoms with van der Waals surface area (Å²) in [5.74, 6) is 0. The van der Waals surface area contributed by atoms with E-state index in [1.165, 1.54) is 0 Å². The van der Waals surface area contributed by atoms with Gasteiger partial charge in [-0.2, -0.15) is 0 Å². The van der Waals surface area contributed by atoms with E-state index in [1.807, 2.05) is 0 Å². The highest BCUT2D eigenvalue weighted by atomic mass is 28.4. The molecule has 3 N–H and O–H groups in total. The fourth-order valence-electron chi connectivity index (χ4n) is 2.97. The molecule has 6 heteroatoms. The third kappa shape index (κ3) is 4.56. The number of rotatable bonds is 5. The van der Waals surface area contributed by atoms with Crippen molar-refractivity contribution in [2.24, 2.45) is 5.40 Å². The molecule has 0 aromatic rings. The maximum Gasteiger partial charge on any atom is 0.355 e. The molecule has 0 aliphatic heterocycles. The molecule has 0 amide bonds. The second kappa shape index (κ2) is 5.48. The van der Waals surface area contributed by atoms with Gasteiger partial charge in [0.25, 0.3) is 0 Å². The molecule has 0 heterocycles. The summed E-state index contributed by atoms with van der Waals surface area (Å²) in [5, 5.41) is 9.44. The zero-order chi connectivity index (χ0) is 15.0. The van der Waals surface area contributed by atoms with E-state index in [-0.39, 0.29) is 10.3 Å². The third-order valence-electron chi connectivity index (χ3n) is 3.58. The van der Waals surface area contributed by atoms with Gasteiger partial charge >= 0.3 is 9.29 Å². The average Bonchev–Trinajstić information content (AvgIpc) is 1.93. The van der Waals surface area contributed by atoms with E-state index in [1.54, 1.807) is 0 Å². The fraction of sp³-hybridized carbons (Fsp3) is 1.00. The molecule has 1 radical (unpaired) electrons.